The molecule has 6 atom stereocenters. The number of aliphatic hydroxyl groups excluding tert-OH is 4. The van der Waals surface area contributed by atoms with E-state index >= 15 is 0 Å². The highest BCUT2D eigenvalue weighted by Crippen LogP contribution is 2.22. The van der Waals surface area contributed by atoms with E-state index < -0.39 is 55.4 Å². The Bertz CT molecular complexity index is 1050. The van der Waals surface area contributed by atoms with Gasteiger partial charge in [-0.05, 0) is 51.4 Å². The maximum absolute atomic E-state index is 12.7. The van der Waals surface area contributed by atoms with Crippen molar-refractivity contribution < 1.29 is 49.0 Å². The first-order valence-electron chi connectivity index (χ1n) is 20.4. The molecule has 1 saturated heterocycles. The van der Waals surface area contributed by atoms with E-state index in [1.807, 2.05) is 18.2 Å². The SMILES string of the molecule is CC/C=C/C=C/C=C/CCCCCCCCCC(=O)OCC(CO[C@H]1O[C@@H](CO)[C@@H](O)C(O)C1O)OC(=O)CC/C=C/C/C=C/CCCCCCCC. The van der Waals surface area contributed by atoms with Crippen molar-refractivity contribution in [2.24, 2.45) is 0 Å². The van der Waals surface area contributed by atoms with Crippen molar-refractivity contribution in [1.82, 2.24) is 0 Å². The highest BCUT2D eigenvalue weighted by atomic mass is 16.7. The zero-order valence-corrected chi connectivity index (χ0v) is 32.7. The van der Waals surface area contributed by atoms with Crippen LogP contribution in [0.5, 0.6) is 0 Å². The van der Waals surface area contributed by atoms with Crippen LogP contribution in [-0.2, 0) is 28.5 Å². The van der Waals surface area contributed by atoms with Crippen LogP contribution in [0.3, 0.4) is 0 Å². The Morgan fingerprint density at radius 2 is 1.23 bits per heavy atom. The lowest BCUT2D eigenvalue weighted by molar-refractivity contribution is -0.305. The predicted molar refractivity (Wildman–Crippen MR) is 210 cm³/mol. The standard InChI is InChI=1S/C43H72O10/c1-3-5-7-9-11-13-15-17-18-20-21-23-25-27-29-31-38(45)50-34-36(35-51-43-42(49)41(48)40(47)37(33-44)53-43)52-39(46)32-30-28-26-24-22-19-16-14-12-10-8-6-4-2/h5,7,9,11,13,15,19,22,26,28,36-37,40-44,47-49H,3-4,6,8,10,12,14,16-18,20-21,23-25,27,29-35H2,1-2H3/b7-5+,11-9+,15-13+,22-19+,28-26+/t36?,37-,40+,41?,42?,43-/m0/s1. The van der Waals surface area contributed by atoms with Gasteiger partial charge in [-0.15, -0.1) is 0 Å². The minimum atomic E-state index is -1.61. The molecule has 3 unspecified atom stereocenters. The molecule has 0 aromatic heterocycles. The Labute approximate surface area is 320 Å². The van der Waals surface area contributed by atoms with E-state index in [0.29, 0.717) is 12.8 Å². The molecular formula is C43H72O10. The number of ether oxygens (including phenoxy) is 4. The van der Waals surface area contributed by atoms with Crippen LogP contribution < -0.4 is 0 Å². The summed E-state index contributed by atoms with van der Waals surface area (Å²) in [5.74, 6) is -0.906. The molecule has 0 radical (unpaired) electrons. The highest BCUT2D eigenvalue weighted by molar-refractivity contribution is 5.70. The Morgan fingerprint density at radius 3 is 1.89 bits per heavy atom. The van der Waals surface area contributed by atoms with Crippen molar-refractivity contribution in [3.05, 3.63) is 60.8 Å². The Hall–Kier alpha value is -2.60. The van der Waals surface area contributed by atoms with Gasteiger partial charge >= 0.3 is 11.9 Å². The molecule has 0 aliphatic carbocycles. The predicted octanol–water partition coefficient (Wildman–Crippen LogP) is 7.88. The van der Waals surface area contributed by atoms with Gasteiger partial charge in [0.25, 0.3) is 0 Å². The van der Waals surface area contributed by atoms with Gasteiger partial charge in [0.15, 0.2) is 12.4 Å². The molecule has 1 fully saturated rings. The summed E-state index contributed by atoms with van der Waals surface area (Å²) in [7, 11) is 0. The van der Waals surface area contributed by atoms with Crippen molar-refractivity contribution in [1.29, 1.82) is 0 Å². The molecule has 0 saturated carbocycles. The van der Waals surface area contributed by atoms with E-state index in [1.54, 1.807) is 0 Å². The number of carbonyl (C=O) groups is 2. The third-order valence-corrected chi connectivity index (χ3v) is 8.96. The Balaban J connectivity index is 2.42. The number of hydrogen-bond acceptors (Lipinski definition) is 10. The quantitative estimate of drug-likeness (QED) is 0.0231. The van der Waals surface area contributed by atoms with E-state index in [1.165, 1.54) is 57.8 Å². The minimum absolute atomic E-state index is 0.119. The fourth-order valence-electron chi connectivity index (χ4n) is 5.71. The van der Waals surface area contributed by atoms with E-state index in [9.17, 15) is 30.0 Å². The normalized spacial score (nSPS) is 21.5. The van der Waals surface area contributed by atoms with Crippen LogP contribution in [0.1, 0.15) is 142 Å². The van der Waals surface area contributed by atoms with Gasteiger partial charge in [-0.3, -0.25) is 9.59 Å². The third-order valence-electron chi connectivity index (χ3n) is 8.96. The van der Waals surface area contributed by atoms with Gasteiger partial charge in [-0.25, -0.2) is 0 Å². The fraction of sp³-hybridized carbons (Fsp3) is 0.721. The number of carbonyl (C=O) groups excluding carboxylic acids is 2. The fourth-order valence-corrected chi connectivity index (χ4v) is 5.71. The molecular weight excluding hydrogens is 676 g/mol. The van der Waals surface area contributed by atoms with Crippen LogP contribution in [0.25, 0.3) is 0 Å². The first-order chi connectivity index (χ1) is 25.8. The highest BCUT2D eigenvalue weighted by Gasteiger charge is 2.44. The van der Waals surface area contributed by atoms with Crippen LogP contribution in [0.4, 0.5) is 0 Å². The van der Waals surface area contributed by atoms with E-state index in [2.05, 4.69) is 56.4 Å². The number of unbranched alkanes of at least 4 members (excludes halogenated alkanes) is 13. The lowest BCUT2D eigenvalue weighted by Crippen LogP contribution is -2.59. The van der Waals surface area contributed by atoms with Crippen molar-refractivity contribution >= 4 is 11.9 Å². The lowest BCUT2D eigenvalue weighted by Gasteiger charge is -2.39. The molecule has 53 heavy (non-hydrogen) atoms. The van der Waals surface area contributed by atoms with Gasteiger partial charge in [-0.2, -0.15) is 0 Å². The maximum Gasteiger partial charge on any atom is 0.306 e. The zero-order valence-electron chi connectivity index (χ0n) is 32.7. The van der Waals surface area contributed by atoms with Gasteiger partial charge in [0.05, 0.1) is 13.2 Å². The molecule has 0 amide bonds. The molecule has 10 heteroatoms. The summed E-state index contributed by atoms with van der Waals surface area (Å²) in [4.78, 5) is 25.2. The summed E-state index contributed by atoms with van der Waals surface area (Å²) in [5.41, 5.74) is 0. The van der Waals surface area contributed by atoms with E-state index in [0.717, 1.165) is 44.9 Å². The molecule has 1 aliphatic rings. The average Bonchev–Trinajstić information content (AvgIpc) is 3.15. The molecule has 4 N–H and O–H groups in total. The molecule has 304 valence electrons. The molecule has 0 spiro atoms. The maximum atomic E-state index is 12.7. The van der Waals surface area contributed by atoms with Gasteiger partial charge in [-0.1, -0.05) is 139 Å². The van der Waals surface area contributed by atoms with Crippen LogP contribution in [0, 0.1) is 0 Å². The summed E-state index contributed by atoms with van der Waals surface area (Å²) in [6.45, 7) is 3.19. The van der Waals surface area contributed by atoms with Crippen molar-refractivity contribution in [3.63, 3.8) is 0 Å². The lowest BCUT2D eigenvalue weighted by atomic mass is 9.99. The molecule has 0 bridgehead atoms. The van der Waals surface area contributed by atoms with Crippen molar-refractivity contribution in [3.8, 4) is 0 Å². The summed E-state index contributed by atoms with van der Waals surface area (Å²) in [5, 5.41) is 39.9. The summed E-state index contributed by atoms with van der Waals surface area (Å²) >= 11 is 0. The van der Waals surface area contributed by atoms with Crippen molar-refractivity contribution in [2.45, 2.75) is 179 Å². The molecule has 0 aromatic rings. The first-order valence-corrected chi connectivity index (χ1v) is 20.4. The topological polar surface area (TPSA) is 152 Å². The number of allylic oxidation sites excluding steroid dienone is 10. The number of esters is 2. The van der Waals surface area contributed by atoms with Crippen LogP contribution in [0.15, 0.2) is 60.8 Å². The van der Waals surface area contributed by atoms with E-state index in [-0.39, 0.29) is 26.1 Å². The Morgan fingerprint density at radius 1 is 0.623 bits per heavy atom. The molecule has 0 aromatic carbocycles. The molecule has 1 heterocycles. The second kappa shape index (κ2) is 33.9. The third kappa shape index (κ3) is 25.9. The Kier molecular flexibility index (Phi) is 31.0. The zero-order chi connectivity index (χ0) is 38.8. The smallest absolute Gasteiger partial charge is 0.306 e. The average molecular weight is 749 g/mol. The second-order valence-electron chi connectivity index (χ2n) is 13.8. The first kappa shape index (κ1) is 48.4. The van der Waals surface area contributed by atoms with Gasteiger partial charge in [0, 0.05) is 12.8 Å². The number of rotatable bonds is 32. The van der Waals surface area contributed by atoms with Crippen LogP contribution in [-0.4, -0.2) is 89.0 Å². The molecule has 1 aliphatic heterocycles. The molecule has 10 nitrogen and oxygen atoms in total. The van der Waals surface area contributed by atoms with Gasteiger partial charge in [0.2, 0.25) is 0 Å². The van der Waals surface area contributed by atoms with Gasteiger partial charge in [0.1, 0.15) is 31.0 Å². The largest absolute Gasteiger partial charge is 0.462 e. The van der Waals surface area contributed by atoms with E-state index in [4.69, 9.17) is 18.9 Å². The van der Waals surface area contributed by atoms with Crippen LogP contribution >= 0.6 is 0 Å². The second-order valence-corrected chi connectivity index (χ2v) is 13.8. The van der Waals surface area contributed by atoms with Crippen molar-refractivity contribution in [2.75, 3.05) is 19.8 Å². The number of aliphatic hydroxyl groups is 4. The summed E-state index contributed by atoms with van der Waals surface area (Å²) in [6, 6.07) is 0. The van der Waals surface area contributed by atoms with Gasteiger partial charge < -0.3 is 39.4 Å². The summed E-state index contributed by atoms with van der Waals surface area (Å²) < 4.78 is 22.0. The van der Waals surface area contributed by atoms with Crippen LogP contribution in [0.2, 0.25) is 0 Å². The monoisotopic (exact) mass is 749 g/mol. The minimum Gasteiger partial charge on any atom is -0.462 e. The number of hydrogen-bond donors (Lipinski definition) is 4. The summed E-state index contributed by atoms with van der Waals surface area (Å²) in [6.07, 6.45) is 32.4. The molecule has 1 rings (SSSR count).